The Kier molecular flexibility index (Phi) is 8.16. The highest BCUT2D eigenvalue weighted by Gasteiger charge is 2.30. The van der Waals surface area contributed by atoms with Gasteiger partial charge in [-0.25, -0.2) is 0 Å². The fourth-order valence-electron chi connectivity index (χ4n) is 3.99. The maximum atomic E-state index is 12.7. The summed E-state index contributed by atoms with van der Waals surface area (Å²) in [5.74, 6) is 0. The summed E-state index contributed by atoms with van der Waals surface area (Å²) >= 11 is 0. The van der Waals surface area contributed by atoms with E-state index in [1.54, 1.807) is 12.1 Å². The fourth-order valence-corrected chi connectivity index (χ4v) is 3.99. The minimum atomic E-state index is -4.28. The summed E-state index contributed by atoms with van der Waals surface area (Å²) in [5, 5.41) is 0. The van der Waals surface area contributed by atoms with Gasteiger partial charge in [0.1, 0.15) is 0 Å². The van der Waals surface area contributed by atoms with E-state index < -0.39 is 11.7 Å². The maximum absolute atomic E-state index is 12.7. The molecular weight excluding hydrogens is 431 g/mol. The third-order valence-electron chi connectivity index (χ3n) is 5.87. The molecule has 3 aromatic carbocycles. The second kappa shape index (κ2) is 10.8. The molecule has 0 saturated carbocycles. The zero-order chi connectivity index (χ0) is 21.7. The van der Waals surface area contributed by atoms with Crippen LogP contribution in [0.4, 0.5) is 13.2 Å². The number of hydrogen-bond donors (Lipinski definition) is 0. The Morgan fingerprint density at radius 1 is 0.750 bits per heavy atom. The standard InChI is InChI=1S/C27H26F3N.ClH/c28-27(29,30)26-12-10-24(11-13-26)25-15-18-31(19-16-25)17-14-21-6-8-23(9-7-21)20-22-4-2-1-3-5-22;/h1-13,15H,14,16-20H2;1H. The average molecular weight is 458 g/mol. The lowest BCUT2D eigenvalue weighted by Crippen LogP contribution is -2.30. The Morgan fingerprint density at radius 3 is 1.97 bits per heavy atom. The molecule has 0 aliphatic carbocycles. The molecule has 1 aliphatic heterocycles. The highest BCUT2D eigenvalue weighted by Crippen LogP contribution is 2.31. The number of nitrogens with zero attached hydrogens (tertiary/aromatic N) is 1. The van der Waals surface area contributed by atoms with E-state index in [0.29, 0.717) is 0 Å². The van der Waals surface area contributed by atoms with Crippen LogP contribution >= 0.6 is 12.4 Å². The van der Waals surface area contributed by atoms with Gasteiger partial charge in [-0.2, -0.15) is 13.2 Å². The van der Waals surface area contributed by atoms with E-state index in [1.807, 2.05) is 6.07 Å². The van der Waals surface area contributed by atoms with Crippen LogP contribution in [0.5, 0.6) is 0 Å². The van der Waals surface area contributed by atoms with Crippen LogP contribution in [0.2, 0.25) is 0 Å². The first-order valence-electron chi connectivity index (χ1n) is 10.7. The van der Waals surface area contributed by atoms with Gasteiger partial charge in [-0.05, 0) is 59.2 Å². The van der Waals surface area contributed by atoms with Gasteiger partial charge in [0.2, 0.25) is 0 Å². The van der Waals surface area contributed by atoms with E-state index >= 15 is 0 Å². The van der Waals surface area contributed by atoms with Gasteiger partial charge in [-0.1, -0.05) is 72.8 Å². The fraction of sp³-hybridized carbons (Fsp3) is 0.259. The number of alkyl halides is 3. The van der Waals surface area contributed by atoms with Crippen LogP contribution in [0.3, 0.4) is 0 Å². The van der Waals surface area contributed by atoms with Gasteiger partial charge >= 0.3 is 6.18 Å². The van der Waals surface area contributed by atoms with Crippen molar-refractivity contribution in [1.82, 2.24) is 4.90 Å². The maximum Gasteiger partial charge on any atom is 0.416 e. The van der Waals surface area contributed by atoms with Gasteiger partial charge in [-0.15, -0.1) is 12.4 Å². The molecule has 0 amide bonds. The van der Waals surface area contributed by atoms with Gasteiger partial charge in [-0.3, -0.25) is 4.90 Å². The van der Waals surface area contributed by atoms with Crippen molar-refractivity contribution in [2.75, 3.05) is 19.6 Å². The van der Waals surface area contributed by atoms with Crippen molar-refractivity contribution in [3.8, 4) is 0 Å². The minimum absolute atomic E-state index is 0. The molecule has 1 aliphatic rings. The number of hydrogen-bond acceptors (Lipinski definition) is 1. The molecule has 0 saturated heterocycles. The molecule has 168 valence electrons. The third-order valence-corrected chi connectivity index (χ3v) is 5.87. The van der Waals surface area contributed by atoms with Gasteiger partial charge < -0.3 is 0 Å². The molecule has 0 atom stereocenters. The molecule has 0 unspecified atom stereocenters. The Labute approximate surface area is 194 Å². The van der Waals surface area contributed by atoms with Crippen molar-refractivity contribution < 1.29 is 13.2 Å². The van der Waals surface area contributed by atoms with Crippen molar-refractivity contribution in [1.29, 1.82) is 0 Å². The van der Waals surface area contributed by atoms with Crippen LogP contribution in [-0.4, -0.2) is 24.5 Å². The molecule has 0 N–H and O–H groups in total. The number of rotatable bonds is 6. The zero-order valence-electron chi connectivity index (χ0n) is 17.8. The molecule has 0 aromatic heterocycles. The predicted octanol–water partition coefficient (Wildman–Crippen LogP) is 7.05. The third kappa shape index (κ3) is 6.47. The Morgan fingerprint density at radius 2 is 1.38 bits per heavy atom. The van der Waals surface area contributed by atoms with Crippen LogP contribution in [0, 0.1) is 0 Å². The lowest BCUT2D eigenvalue weighted by molar-refractivity contribution is -0.137. The zero-order valence-corrected chi connectivity index (χ0v) is 18.6. The van der Waals surface area contributed by atoms with Gasteiger partial charge in [0.15, 0.2) is 0 Å². The highest BCUT2D eigenvalue weighted by molar-refractivity contribution is 5.85. The first kappa shape index (κ1) is 24.1. The molecule has 1 nitrogen and oxygen atoms in total. The summed E-state index contributed by atoms with van der Waals surface area (Å²) in [6, 6.07) is 24.8. The van der Waals surface area contributed by atoms with Crippen LogP contribution < -0.4 is 0 Å². The molecule has 5 heteroatoms. The molecule has 3 aromatic rings. The number of halogens is 4. The van der Waals surface area contributed by atoms with E-state index in [1.165, 1.54) is 28.8 Å². The summed E-state index contributed by atoms with van der Waals surface area (Å²) in [4.78, 5) is 2.39. The largest absolute Gasteiger partial charge is 0.416 e. The van der Waals surface area contributed by atoms with E-state index in [2.05, 4.69) is 59.5 Å². The summed E-state index contributed by atoms with van der Waals surface area (Å²) in [6.45, 7) is 2.75. The van der Waals surface area contributed by atoms with Crippen molar-refractivity contribution in [2.24, 2.45) is 0 Å². The summed E-state index contributed by atoms with van der Waals surface area (Å²) in [5.41, 5.74) is 5.39. The van der Waals surface area contributed by atoms with E-state index in [-0.39, 0.29) is 12.4 Å². The highest BCUT2D eigenvalue weighted by atomic mass is 35.5. The molecule has 0 radical (unpaired) electrons. The van der Waals surface area contributed by atoms with Crippen molar-refractivity contribution in [3.05, 3.63) is 113 Å². The Bertz CT molecular complexity index is 1010. The quantitative estimate of drug-likeness (QED) is 0.383. The molecule has 0 bridgehead atoms. The lowest BCUT2D eigenvalue weighted by Gasteiger charge is -2.26. The van der Waals surface area contributed by atoms with Crippen LogP contribution in [0.15, 0.2) is 84.9 Å². The second-order valence-corrected chi connectivity index (χ2v) is 8.08. The van der Waals surface area contributed by atoms with E-state index in [4.69, 9.17) is 0 Å². The SMILES string of the molecule is Cl.FC(F)(F)c1ccc(C2=CCN(CCc3ccc(Cc4ccccc4)cc3)CC2)cc1. The lowest BCUT2D eigenvalue weighted by atomic mass is 9.98. The molecular formula is C27H27ClF3N. The summed E-state index contributed by atoms with van der Waals surface area (Å²) < 4.78 is 38.2. The van der Waals surface area contributed by atoms with Crippen LogP contribution in [0.1, 0.15) is 34.2 Å². The first-order chi connectivity index (χ1) is 15.0. The van der Waals surface area contributed by atoms with Crippen LogP contribution in [0.25, 0.3) is 5.57 Å². The molecule has 0 spiro atoms. The predicted molar refractivity (Wildman–Crippen MR) is 127 cm³/mol. The van der Waals surface area contributed by atoms with E-state index in [0.717, 1.165) is 50.0 Å². The minimum Gasteiger partial charge on any atom is -0.299 e. The molecule has 1 heterocycles. The van der Waals surface area contributed by atoms with Crippen molar-refractivity contribution in [3.63, 3.8) is 0 Å². The summed E-state index contributed by atoms with van der Waals surface area (Å²) in [6.07, 6.45) is 0.673. The van der Waals surface area contributed by atoms with Crippen LogP contribution in [-0.2, 0) is 19.0 Å². The van der Waals surface area contributed by atoms with Gasteiger partial charge in [0.05, 0.1) is 5.56 Å². The smallest absolute Gasteiger partial charge is 0.299 e. The molecule has 32 heavy (non-hydrogen) atoms. The van der Waals surface area contributed by atoms with E-state index in [9.17, 15) is 13.2 Å². The second-order valence-electron chi connectivity index (χ2n) is 8.08. The Hall–Kier alpha value is -2.56. The number of benzene rings is 3. The van der Waals surface area contributed by atoms with Crippen molar-refractivity contribution >= 4 is 18.0 Å². The monoisotopic (exact) mass is 457 g/mol. The molecule has 4 rings (SSSR count). The average Bonchev–Trinajstić information content (AvgIpc) is 2.79. The van der Waals surface area contributed by atoms with Gasteiger partial charge in [0.25, 0.3) is 0 Å². The van der Waals surface area contributed by atoms with Crippen molar-refractivity contribution in [2.45, 2.75) is 25.4 Å². The molecule has 0 fully saturated rings. The summed E-state index contributed by atoms with van der Waals surface area (Å²) in [7, 11) is 0. The first-order valence-corrected chi connectivity index (χ1v) is 10.7. The Balaban J connectivity index is 0.00000289. The topological polar surface area (TPSA) is 3.24 Å². The van der Waals surface area contributed by atoms with Gasteiger partial charge in [0, 0.05) is 19.6 Å². The normalized spacial score (nSPS) is 14.5.